The molecule has 112 valence electrons. The van der Waals surface area contributed by atoms with Crippen LogP contribution in [0.25, 0.3) is 0 Å². The molecule has 3 aliphatic rings. The van der Waals surface area contributed by atoms with Crippen LogP contribution in [0.5, 0.6) is 0 Å². The summed E-state index contributed by atoms with van der Waals surface area (Å²) >= 11 is 0. The van der Waals surface area contributed by atoms with Crippen molar-refractivity contribution in [1.29, 1.82) is 0 Å². The summed E-state index contributed by atoms with van der Waals surface area (Å²) in [7, 11) is 0. The maximum atomic E-state index is 11.6. The normalized spacial score (nSPS) is 30.4. The minimum atomic E-state index is -0.306. The fourth-order valence-electron chi connectivity index (χ4n) is 4.03. The van der Waals surface area contributed by atoms with Crippen molar-refractivity contribution >= 4 is 12.2 Å². The molecule has 0 aromatic carbocycles. The van der Waals surface area contributed by atoms with E-state index in [1.165, 1.54) is 32.1 Å². The van der Waals surface area contributed by atoms with Gasteiger partial charge in [0, 0.05) is 13.1 Å². The van der Waals surface area contributed by atoms with E-state index in [4.69, 9.17) is 5.73 Å². The van der Waals surface area contributed by atoms with E-state index in [-0.39, 0.29) is 17.4 Å². The second-order valence-electron chi connectivity index (χ2n) is 7.13. The molecule has 2 aliphatic carbocycles. The van der Waals surface area contributed by atoms with E-state index in [1.54, 1.807) is 0 Å². The standard InChI is InChI=1S/C16H27N3O/c1-12(13-5-3-2-4-6-13)9-19-10-14(18-11-19)16(7-8-16)15(17)20/h11-14H,2-10H2,1H3,(H2,17,20)/t12-,14-/m1/s1. The Bertz CT molecular complexity index is 397. The highest BCUT2D eigenvalue weighted by molar-refractivity contribution is 5.85. The van der Waals surface area contributed by atoms with Crippen molar-refractivity contribution in [2.24, 2.45) is 28.0 Å². The molecular formula is C16H27N3O. The summed E-state index contributed by atoms with van der Waals surface area (Å²) in [6, 6.07) is 0.110. The van der Waals surface area contributed by atoms with Crippen molar-refractivity contribution in [2.75, 3.05) is 13.1 Å². The van der Waals surface area contributed by atoms with Crippen LogP contribution in [-0.2, 0) is 4.79 Å². The predicted molar refractivity (Wildman–Crippen MR) is 80.5 cm³/mol. The summed E-state index contributed by atoms with van der Waals surface area (Å²) < 4.78 is 0. The lowest BCUT2D eigenvalue weighted by molar-refractivity contribution is -0.123. The highest BCUT2D eigenvalue weighted by Gasteiger charge is 2.55. The average Bonchev–Trinajstić information content (AvgIpc) is 3.15. The summed E-state index contributed by atoms with van der Waals surface area (Å²) in [4.78, 5) is 18.5. The van der Waals surface area contributed by atoms with Crippen molar-refractivity contribution < 1.29 is 4.79 Å². The van der Waals surface area contributed by atoms with Gasteiger partial charge >= 0.3 is 0 Å². The first-order chi connectivity index (χ1) is 9.62. The van der Waals surface area contributed by atoms with Crippen LogP contribution in [0.15, 0.2) is 4.99 Å². The van der Waals surface area contributed by atoms with Crippen LogP contribution in [-0.4, -0.2) is 36.3 Å². The van der Waals surface area contributed by atoms with Gasteiger partial charge in [-0.25, -0.2) is 0 Å². The maximum absolute atomic E-state index is 11.6. The van der Waals surface area contributed by atoms with Gasteiger partial charge in [-0.1, -0.05) is 39.0 Å². The molecule has 1 aliphatic heterocycles. The molecule has 20 heavy (non-hydrogen) atoms. The number of aliphatic imine (C=N–C) groups is 1. The van der Waals surface area contributed by atoms with E-state index >= 15 is 0 Å². The summed E-state index contributed by atoms with van der Waals surface area (Å²) in [5.41, 5.74) is 5.24. The van der Waals surface area contributed by atoms with E-state index in [0.717, 1.165) is 37.8 Å². The predicted octanol–water partition coefficient (Wildman–Crippen LogP) is 2.18. The first-order valence-electron chi connectivity index (χ1n) is 8.19. The molecule has 1 heterocycles. The zero-order valence-corrected chi connectivity index (χ0v) is 12.6. The summed E-state index contributed by atoms with van der Waals surface area (Å²) in [6.45, 7) is 4.34. The average molecular weight is 277 g/mol. The van der Waals surface area contributed by atoms with Gasteiger partial charge in [0.25, 0.3) is 0 Å². The second-order valence-corrected chi connectivity index (χ2v) is 7.13. The van der Waals surface area contributed by atoms with Crippen molar-refractivity contribution in [3.63, 3.8) is 0 Å². The van der Waals surface area contributed by atoms with E-state index in [1.807, 2.05) is 6.34 Å². The highest BCUT2D eigenvalue weighted by atomic mass is 16.1. The summed E-state index contributed by atoms with van der Waals surface area (Å²) in [5, 5.41) is 0. The number of amides is 1. The third-order valence-corrected chi connectivity index (χ3v) is 5.71. The molecule has 4 nitrogen and oxygen atoms in total. The molecule has 0 spiro atoms. The Morgan fingerprint density at radius 1 is 1.40 bits per heavy atom. The lowest BCUT2D eigenvalue weighted by atomic mass is 9.80. The molecule has 2 saturated carbocycles. The van der Waals surface area contributed by atoms with Crippen LogP contribution >= 0.6 is 0 Å². The maximum Gasteiger partial charge on any atom is 0.225 e. The van der Waals surface area contributed by atoms with Crippen LogP contribution in [0.1, 0.15) is 51.9 Å². The number of primary amides is 1. The van der Waals surface area contributed by atoms with Crippen molar-refractivity contribution in [3.8, 4) is 0 Å². The van der Waals surface area contributed by atoms with Gasteiger partial charge in [-0.15, -0.1) is 0 Å². The Hall–Kier alpha value is -1.06. The van der Waals surface area contributed by atoms with Crippen molar-refractivity contribution in [2.45, 2.75) is 57.9 Å². The zero-order chi connectivity index (χ0) is 14.2. The van der Waals surface area contributed by atoms with E-state index in [0.29, 0.717) is 0 Å². The topological polar surface area (TPSA) is 58.7 Å². The summed E-state index contributed by atoms with van der Waals surface area (Å²) in [6.07, 6.45) is 10.8. The molecule has 0 saturated heterocycles. The largest absolute Gasteiger partial charge is 0.369 e. The zero-order valence-electron chi connectivity index (χ0n) is 12.6. The molecule has 4 heteroatoms. The van der Waals surface area contributed by atoms with Crippen LogP contribution in [0.4, 0.5) is 0 Å². The molecule has 0 bridgehead atoms. The Morgan fingerprint density at radius 3 is 2.70 bits per heavy atom. The number of nitrogens with two attached hydrogens (primary N) is 1. The Morgan fingerprint density at radius 2 is 2.10 bits per heavy atom. The SMILES string of the molecule is C[C@H](CN1C=N[C@@H](C2(C(N)=O)CC2)C1)C1CCCCC1. The number of carbonyl (C=O) groups excluding carboxylic acids is 1. The first-order valence-corrected chi connectivity index (χ1v) is 8.19. The van der Waals surface area contributed by atoms with Crippen LogP contribution in [0.3, 0.4) is 0 Å². The summed E-state index contributed by atoms with van der Waals surface area (Å²) in [5.74, 6) is 1.45. The van der Waals surface area contributed by atoms with E-state index < -0.39 is 0 Å². The molecule has 3 rings (SSSR count). The van der Waals surface area contributed by atoms with Gasteiger partial charge in [0.15, 0.2) is 0 Å². The van der Waals surface area contributed by atoms with E-state index in [2.05, 4.69) is 16.8 Å². The lowest BCUT2D eigenvalue weighted by Gasteiger charge is -2.31. The molecule has 0 aromatic rings. The fraction of sp³-hybridized carbons (Fsp3) is 0.875. The van der Waals surface area contributed by atoms with Crippen molar-refractivity contribution in [1.82, 2.24) is 4.90 Å². The van der Waals surface area contributed by atoms with Crippen LogP contribution in [0.2, 0.25) is 0 Å². The molecule has 2 fully saturated rings. The van der Waals surface area contributed by atoms with Gasteiger partial charge < -0.3 is 10.6 Å². The molecule has 2 N–H and O–H groups in total. The number of hydrogen-bond donors (Lipinski definition) is 1. The van der Waals surface area contributed by atoms with E-state index in [9.17, 15) is 4.79 Å². The van der Waals surface area contributed by atoms with Gasteiger partial charge in [0.2, 0.25) is 5.91 Å². The van der Waals surface area contributed by atoms with Gasteiger partial charge in [-0.3, -0.25) is 9.79 Å². The van der Waals surface area contributed by atoms with Gasteiger partial charge in [0.05, 0.1) is 17.8 Å². The third kappa shape index (κ3) is 2.57. The number of rotatable bonds is 5. The van der Waals surface area contributed by atoms with Gasteiger partial charge in [-0.2, -0.15) is 0 Å². The number of nitrogens with zero attached hydrogens (tertiary/aromatic N) is 2. The lowest BCUT2D eigenvalue weighted by Crippen LogP contribution is -2.39. The molecule has 0 radical (unpaired) electrons. The monoisotopic (exact) mass is 277 g/mol. The number of carbonyl (C=O) groups is 1. The molecule has 0 unspecified atom stereocenters. The molecule has 1 amide bonds. The molecule has 0 aromatic heterocycles. The number of hydrogen-bond acceptors (Lipinski definition) is 3. The highest BCUT2D eigenvalue weighted by Crippen LogP contribution is 2.50. The third-order valence-electron chi connectivity index (χ3n) is 5.71. The second kappa shape index (κ2) is 5.38. The van der Waals surface area contributed by atoms with Gasteiger partial charge in [-0.05, 0) is 24.7 Å². The minimum absolute atomic E-state index is 0.110. The Labute approximate surface area is 121 Å². The smallest absolute Gasteiger partial charge is 0.225 e. The minimum Gasteiger partial charge on any atom is -0.369 e. The quantitative estimate of drug-likeness (QED) is 0.837. The van der Waals surface area contributed by atoms with Crippen LogP contribution in [0, 0.1) is 17.3 Å². The fourth-order valence-corrected chi connectivity index (χ4v) is 4.03. The molecule has 2 atom stereocenters. The van der Waals surface area contributed by atoms with Gasteiger partial charge in [0.1, 0.15) is 0 Å². The first kappa shape index (κ1) is 13.9. The molecular weight excluding hydrogens is 250 g/mol. The Kier molecular flexibility index (Phi) is 3.74. The van der Waals surface area contributed by atoms with Crippen molar-refractivity contribution in [3.05, 3.63) is 0 Å². The Balaban J connectivity index is 1.51. The van der Waals surface area contributed by atoms with Crippen LogP contribution < -0.4 is 5.73 Å².